The molecule has 1 aromatic carbocycles. The fourth-order valence-corrected chi connectivity index (χ4v) is 2.00. The summed E-state index contributed by atoms with van der Waals surface area (Å²) in [6.07, 6.45) is 0. The molecule has 0 spiro atoms. The first-order valence-electron chi connectivity index (χ1n) is 5.24. The second-order valence-corrected chi connectivity index (χ2v) is 4.25. The van der Waals surface area contributed by atoms with Gasteiger partial charge in [-0.25, -0.2) is 0 Å². The minimum absolute atomic E-state index is 0.0459. The van der Waals surface area contributed by atoms with Crippen molar-refractivity contribution < 1.29 is 4.74 Å². The molecule has 4 heteroatoms. The van der Waals surface area contributed by atoms with E-state index in [-0.39, 0.29) is 6.04 Å². The van der Waals surface area contributed by atoms with E-state index in [0.717, 1.165) is 11.3 Å². The summed E-state index contributed by atoms with van der Waals surface area (Å²) >= 11 is 5.08. The molecule has 0 saturated heterocycles. The highest BCUT2D eigenvalue weighted by atomic mass is 32.1. The van der Waals surface area contributed by atoms with Gasteiger partial charge in [-0.05, 0) is 38.7 Å². The number of benzene rings is 1. The zero-order valence-electron chi connectivity index (χ0n) is 9.93. The van der Waals surface area contributed by atoms with E-state index >= 15 is 0 Å². The first kappa shape index (κ1) is 12.9. The van der Waals surface area contributed by atoms with Gasteiger partial charge in [0.05, 0.1) is 17.6 Å². The summed E-state index contributed by atoms with van der Waals surface area (Å²) in [6, 6.07) is 7.82. The summed E-state index contributed by atoms with van der Waals surface area (Å²) in [5.41, 5.74) is 6.80. The average Bonchev–Trinajstić information content (AvgIpc) is 2.17. The third kappa shape index (κ3) is 3.18. The fraction of sp³-hybridized carbons (Fsp3) is 0.417. The van der Waals surface area contributed by atoms with Crippen LogP contribution in [-0.2, 0) is 0 Å². The second-order valence-electron chi connectivity index (χ2n) is 3.77. The molecule has 0 aromatic heterocycles. The lowest BCUT2D eigenvalue weighted by Gasteiger charge is -2.23. The quantitative estimate of drug-likeness (QED) is 0.796. The van der Waals surface area contributed by atoms with E-state index in [1.807, 2.05) is 50.2 Å². The Morgan fingerprint density at radius 1 is 1.50 bits per heavy atom. The highest BCUT2D eigenvalue weighted by molar-refractivity contribution is 7.80. The van der Waals surface area contributed by atoms with Crippen LogP contribution in [0.5, 0.6) is 5.75 Å². The Balaban J connectivity index is 3.00. The molecule has 0 amide bonds. The zero-order chi connectivity index (χ0) is 12.1. The highest BCUT2D eigenvalue weighted by Crippen LogP contribution is 2.22. The Labute approximate surface area is 102 Å². The maximum absolute atomic E-state index is 5.74. The van der Waals surface area contributed by atoms with Crippen molar-refractivity contribution in [1.82, 2.24) is 4.90 Å². The molecular formula is C12H18N2OS. The molecule has 0 fully saturated rings. The van der Waals surface area contributed by atoms with Gasteiger partial charge in [0, 0.05) is 0 Å². The van der Waals surface area contributed by atoms with E-state index in [1.54, 1.807) is 0 Å². The molecule has 1 unspecified atom stereocenters. The molecule has 0 radical (unpaired) electrons. The van der Waals surface area contributed by atoms with Crippen LogP contribution in [-0.4, -0.2) is 30.6 Å². The lowest BCUT2D eigenvalue weighted by atomic mass is 10.1. The number of hydrogen-bond acceptors (Lipinski definition) is 3. The molecule has 1 aromatic rings. The van der Waals surface area contributed by atoms with E-state index < -0.39 is 0 Å². The van der Waals surface area contributed by atoms with Gasteiger partial charge in [0.15, 0.2) is 0 Å². The lowest BCUT2D eigenvalue weighted by Crippen LogP contribution is -2.31. The zero-order valence-corrected chi connectivity index (χ0v) is 10.8. The van der Waals surface area contributed by atoms with Crippen molar-refractivity contribution in [3.8, 4) is 5.75 Å². The van der Waals surface area contributed by atoms with Crippen LogP contribution in [0.3, 0.4) is 0 Å². The number of thiocarbonyl (C=S) groups is 1. The Hall–Kier alpha value is -1.13. The van der Waals surface area contributed by atoms with Crippen LogP contribution in [0.15, 0.2) is 24.3 Å². The van der Waals surface area contributed by atoms with E-state index in [0.29, 0.717) is 11.6 Å². The number of ether oxygens (including phenoxy) is 1. The van der Waals surface area contributed by atoms with Crippen molar-refractivity contribution in [3.63, 3.8) is 0 Å². The van der Waals surface area contributed by atoms with Crippen LogP contribution in [0.4, 0.5) is 0 Å². The maximum atomic E-state index is 5.74. The SMILES string of the molecule is CCOc1cccc(C(C(N)=S)N(C)C)c1. The number of nitrogens with two attached hydrogens (primary N) is 1. The fourth-order valence-electron chi connectivity index (χ4n) is 1.66. The van der Waals surface area contributed by atoms with Crippen LogP contribution in [0.2, 0.25) is 0 Å². The number of likely N-dealkylation sites (N-methyl/N-ethyl adjacent to an activating group) is 1. The third-order valence-electron chi connectivity index (χ3n) is 2.27. The second kappa shape index (κ2) is 5.82. The summed E-state index contributed by atoms with van der Waals surface area (Å²) in [5, 5.41) is 0. The summed E-state index contributed by atoms with van der Waals surface area (Å²) in [7, 11) is 3.91. The maximum Gasteiger partial charge on any atom is 0.119 e. The minimum Gasteiger partial charge on any atom is -0.494 e. The van der Waals surface area contributed by atoms with Crippen molar-refractivity contribution in [2.75, 3.05) is 20.7 Å². The Morgan fingerprint density at radius 3 is 2.69 bits per heavy atom. The van der Waals surface area contributed by atoms with Crippen LogP contribution in [0.1, 0.15) is 18.5 Å². The van der Waals surface area contributed by atoms with Crippen molar-refractivity contribution in [3.05, 3.63) is 29.8 Å². The Morgan fingerprint density at radius 2 is 2.19 bits per heavy atom. The van der Waals surface area contributed by atoms with Crippen molar-refractivity contribution in [2.24, 2.45) is 5.73 Å². The smallest absolute Gasteiger partial charge is 0.119 e. The predicted molar refractivity (Wildman–Crippen MR) is 70.8 cm³/mol. The third-order valence-corrected chi connectivity index (χ3v) is 2.49. The molecule has 1 rings (SSSR count). The summed E-state index contributed by atoms with van der Waals surface area (Å²) in [4.78, 5) is 2.46. The lowest BCUT2D eigenvalue weighted by molar-refractivity contribution is 0.336. The molecule has 0 aliphatic heterocycles. The average molecular weight is 238 g/mol. The number of nitrogens with zero attached hydrogens (tertiary/aromatic N) is 1. The normalized spacial score (nSPS) is 12.5. The van der Waals surface area contributed by atoms with Gasteiger partial charge in [0.1, 0.15) is 5.75 Å². The number of rotatable bonds is 5. The van der Waals surface area contributed by atoms with Crippen molar-refractivity contribution in [2.45, 2.75) is 13.0 Å². The first-order chi connectivity index (χ1) is 7.56. The molecule has 0 bridgehead atoms. The van der Waals surface area contributed by atoms with Crippen LogP contribution < -0.4 is 10.5 Å². The minimum atomic E-state index is -0.0459. The van der Waals surface area contributed by atoms with Gasteiger partial charge in [0.25, 0.3) is 0 Å². The molecule has 0 saturated carbocycles. The topological polar surface area (TPSA) is 38.5 Å². The van der Waals surface area contributed by atoms with Gasteiger partial charge in [-0.3, -0.25) is 4.90 Å². The predicted octanol–water partition coefficient (Wildman–Crippen LogP) is 1.97. The largest absolute Gasteiger partial charge is 0.494 e. The molecule has 16 heavy (non-hydrogen) atoms. The van der Waals surface area contributed by atoms with E-state index in [2.05, 4.69) is 0 Å². The molecular weight excluding hydrogens is 220 g/mol. The van der Waals surface area contributed by atoms with E-state index in [4.69, 9.17) is 22.7 Å². The van der Waals surface area contributed by atoms with Gasteiger partial charge < -0.3 is 10.5 Å². The van der Waals surface area contributed by atoms with Crippen molar-refractivity contribution in [1.29, 1.82) is 0 Å². The summed E-state index contributed by atoms with van der Waals surface area (Å²) in [6.45, 7) is 2.62. The molecule has 88 valence electrons. The van der Waals surface area contributed by atoms with Gasteiger partial charge in [-0.2, -0.15) is 0 Å². The van der Waals surface area contributed by atoms with Crippen molar-refractivity contribution >= 4 is 17.2 Å². The van der Waals surface area contributed by atoms with Gasteiger partial charge in [-0.15, -0.1) is 0 Å². The van der Waals surface area contributed by atoms with Crippen LogP contribution in [0.25, 0.3) is 0 Å². The van der Waals surface area contributed by atoms with Gasteiger partial charge >= 0.3 is 0 Å². The molecule has 0 aliphatic carbocycles. The highest BCUT2D eigenvalue weighted by Gasteiger charge is 2.17. The first-order valence-corrected chi connectivity index (χ1v) is 5.65. The molecule has 2 N–H and O–H groups in total. The van der Waals surface area contributed by atoms with Gasteiger partial charge in [-0.1, -0.05) is 24.4 Å². The summed E-state index contributed by atoms with van der Waals surface area (Å²) < 4.78 is 5.45. The summed E-state index contributed by atoms with van der Waals surface area (Å²) in [5.74, 6) is 0.850. The van der Waals surface area contributed by atoms with E-state index in [9.17, 15) is 0 Å². The standard InChI is InChI=1S/C12H18N2OS/c1-4-15-10-7-5-6-9(8-10)11(12(13)16)14(2)3/h5-8,11H,4H2,1-3H3,(H2,13,16). The molecule has 3 nitrogen and oxygen atoms in total. The molecule has 0 aliphatic rings. The molecule has 0 heterocycles. The number of hydrogen-bond donors (Lipinski definition) is 1. The Bertz CT molecular complexity index is 366. The van der Waals surface area contributed by atoms with Crippen LogP contribution in [0, 0.1) is 0 Å². The van der Waals surface area contributed by atoms with E-state index in [1.165, 1.54) is 0 Å². The van der Waals surface area contributed by atoms with Crippen LogP contribution >= 0.6 is 12.2 Å². The van der Waals surface area contributed by atoms with Gasteiger partial charge in [0.2, 0.25) is 0 Å². The Kier molecular flexibility index (Phi) is 4.71. The molecule has 1 atom stereocenters. The monoisotopic (exact) mass is 238 g/mol.